The van der Waals surface area contributed by atoms with E-state index in [-0.39, 0.29) is 41.1 Å². The highest BCUT2D eigenvalue weighted by Gasteiger charge is 2.25. The average Bonchev–Trinajstić information content (AvgIpc) is 3.09. The minimum Gasteiger partial charge on any atom is -0.461 e. The van der Waals surface area contributed by atoms with E-state index >= 15 is 0 Å². The zero-order chi connectivity index (χ0) is 15.0. The predicted molar refractivity (Wildman–Crippen MR) is 73.5 cm³/mol. The van der Waals surface area contributed by atoms with Gasteiger partial charge in [0.25, 0.3) is 0 Å². The third kappa shape index (κ3) is 2.29. The lowest BCUT2D eigenvalue weighted by atomic mass is 10.1. The normalized spacial score (nSPS) is 13.4. The summed E-state index contributed by atoms with van der Waals surface area (Å²) in [4.78, 5) is 45.9. The molecule has 0 atom stereocenters. The van der Waals surface area contributed by atoms with Crippen LogP contribution < -0.4 is 0 Å². The number of aromatic amines is 1. The topological polar surface area (TPSA) is 102 Å². The number of H-pyrrole nitrogens is 1. The third-order valence-corrected chi connectivity index (χ3v) is 3.61. The van der Waals surface area contributed by atoms with E-state index in [1.807, 2.05) is 0 Å². The van der Waals surface area contributed by atoms with Crippen LogP contribution in [0.1, 0.15) is 38.4 Å². The molecule has 7 nitrogen and oxygen atoms in total. The number of fused-ring (bicyclic) bond motifs is 1. The van der Waals surface area contributed by atoms with E-state index in [4.69, 9.17) is 4.74 Å². The summed E-state index contributed by atoms with van der Waals surface area (Å²) >= 11 is 1.17. The summed E-state index contributed by atoms with van der Waals surface area (Å²) in [7, 11) is 0. The standard InChI is InChI=1S/C13H9N3O4S/c1-2-20-13(19)6-5-21-12(14-6)11-15-9-7(17)3-4-8(18)10(9)16-11/h3-5H,2H2,1H3,(H,15,16). The first-order valence-electron chi connectivity index (χ1n) is 6.10. The molecule has 0 bridgehead atoms. The number of imidazole rings is 1. The van der Waals surface area contributed by atoms with Gasteiger partial charge in [0.15, 0.2) is 16.5 Å². The first kappa shape index (κ1) is 13.4. The van der Waals surface area contributed by atoms with Gasteiger partial charge in [-0.25, -0.2) is 14.8 Å². The number of rotatable bonds is 3. The van der Waals surface area contributed by atoms with Crippen molar-refractivity contribution < 1.29 is 19.1 Å². The molecule has 21 heavy (non-hydrogen) atoms. The summed E-state index contributed by atoms with van der Waals surface area (Å²) in [6.45, 7) is 1.96. The van der Waals surface area contributed by atoms with Gasteiger partial charge in [0.1, 0.15) is 11.4 Å². The number of hydrogen-bond acceptors (Lipinski definition) is 7. The van der Waals surface area contributed by atoms with E-state index in [1.165, 1.54) is 28.9 Å². The molecule has 0 unspecified atom stereocenters. The van der Waals surface area contributed by atoms with Gasteiger partial charge in [-0.15, -0.1) is 11.3 Å². The van der Waals surface area contributed by atoms with Crippen molar-refractivity contribution in [1.29, 1.82) is 0 Å². The van der Waals surface area contributed by atoms with Gasteiger partial charge < -0.3 is 9.72 Å². The van der Waals surface area contributed by atoms with Gasteiger partial charge in [-0.1, -0.05) is 0 Å². The summed E-state index contributed by atoms with van der Waals surface area (Å²) in [6, 6.07) is 0. The minimum absolute atomic E-state index is 0.0744. The predicted octanol–water partition coefficient (Wildman–Crippen LogP) is 1.65. The van der Waals surface area contributed by atoms with E-state index in [0.29, 0.717) is 5.01 Å². The maximum absolute atomic E-state index is 11.7. The molecular weight excluding hydrogens is 294 g/mol. The number of nitrogens with one attached hydrogen (secondary N) is 1. The second kappa shape index (κ2) is 5.06. The van der Waals surface area contributed by atoms with Crippen molar-refractivity contribution in [3.63, 3.8) is 0 Å². The van der Waals surface area contributed by atoms with Crippen LogP contribution in [0, 0.1) is 0 Å². The molecule has 1 N–H and O–H groups in total. The molecule has 0 amide bonds. The van der Waals surface area contributed by atoms with E-state index in [1.54, 1.807) is 6.92 Å². The largest absolute Gasteiger partial charge is 0.461 e. The molecule has 0 aromatic carbocycles. The number of thiazole rings is 1. The maximum Gasteiger partial charge on any atom is 0.357 e. The van der Waals surface area contributed by atoms with E-state index in [9.17, 15) is 14.4 Å². The second-order valence-electron chi connectivity index (χ2n) is 4.13. The summed E-state index contributed by atoms with van der Waals surface area (Å²) < 4.78 is 4.85. The van der Waals surface area contributed by atoms with Gasteiger partial charge >= 0.3 is 5.97 Å². The van der Waals surface area contributed by atoms with Crippen molar-refractivity contribution in [3.8, 4) is 10.8 Å². The summed E-state index contributed by atoms with van der Waals surface area (Å²) in [5.41, 5.74) is 0.387. The number of allylic oxidation sites excluding steroid dienone is 2. The lowest BCUT2D eigenvalue weighted by molar-refractivity contribution is 0.0520. The Balaban J connectivity index is 1.96. The fraction of sp³-hybridized carbons (Fsp3) is 0.154. The highest BCUT2D eigenvalue weighted by Crippen LogP contribution is 2.24. The van der Waals surface area contributed by atoms with Gasteiger partial charge in [0, 0.05) is 5.38 Å². The first-order chi connectivity index (χ1) is 10.1. The monoisotopic (exact) mass is 303 g/mol. The van der Waals surface area contributed by atoms with Crippen LogP contribution >= 0.6 is 11.3 Å². The Morgan fingerprint density at radius 2 is 2.05 bits per heavy atom. The van der Waals surface area contributed by atoms with Crippen LogP contribution in [0.4, 0.5) is 0 Å². The average molecular weight is 303 g/mol. The van der Waals surface area contributed by atoms with Crippen molar-refractivity contribution >= 4 is 28.9 Å². The molecule has 0 spiro atoms. The molecule has 2 heterocycles. The molecule has 2 aromatic rings. The number of carbonyl (C=O) groups excluding carboxylic acids is 3. The number of ketones is 2. The minimum atomic E-state index is -0.523. The molecular formula is C13H9N3O4S. The van der Waals surface area contributed by atoms with E-state index in [0.717, 1.165) is 0 Å². The SMILES string of the molecule is CCOC(=O)c1csc(-c2nc3c([nH]2)C(=O)C=CC3=O)n1. The van der Waals surface area contributed by atoms with Gasteiger partial charge in [0.2, 0.25) is 11.6 Å². The number of nitrogens with zero attached hydrogens (tertiary/aromatic N) is 2. The summed E-state index contributed by atoms with van der Waals surface area (Å²) in [6.07, 6.45) is 2.37. The first-order valence-corrected chi connectivity index (χ1v) is 6.98. The Morgan fingerprint density at radius 1 is 1.29 bits per heavy atom. The van der Waals surface area contributed by atoms with Crippen LogP contribution in [0.2, 0.25) is 0 Å². The molecule has 0 fully saturated rings. The number of esters is 1. The quantitative estimate of drug-likeness (QED) is 0.865. The van der Waals surface area contributed by atoms with Gasteiger partial charge in [-0.3, -0.25) is 9.59 Å². The number of carbonyl (C=O) groups is 3. The van der Waals surface area contributed by atoms with Crippen molar-refractivity contribution in [3.05, 3.63) is 34.6 Å². The number of ether oxygens (including phenoxy) is 1. The Labute approximate surface area is 122 Å². The molecule has 106 valence electrons. The zero-order valence-corrected chi connectivity index (χ0v) is 11.7. The van der Waals surface area contributed by atoms with Crippen LogP contribution in [-0.4, -0.2) is 39.1 Å². The van der Waals surface area contributed by atoms with Gasteiger partial charge in [-0.05, 0) is 19.1 Å². The molecule has 3 rings (SSSR count). The Bertz CT molecular complexity index is 752. The maximum atomic E-state index is 11.7. The van der Waals surface area contributed by atoms with Gasteiger partial charge in [-0.2, -0.15) is 0 Å². The molecule has 0 radical (unpaired) electrons. The van der Waals surface area contributed by atoms with Crippen molar-refractivity contribution in [2.75, 3.05) is 6.61 Å². The summed E-state index contributed by atoms with van der Waals surface area (Å²) in [5.74, 6) is -0.893. The van der Waals surface area contributed by atoms with Crippen LogP contribution in [0.3, 0.4) is 0 Å². The van der Waals surface area contributed by atoms with Crippen LogP contribution in [0.25, 0.3) is 10.8 Å². The molecule has 0 saturated heterocycles. The fourth-order valence-corrected chi connectivity index (χ4v) is 2.56. The smallest absolute Gasteiger partial charge is 0.357 e. The molecule has 0 aliphatic heterocycles. The second-order valence-corrected chi connectivity index (χ2v) is 4.99. The van der Waals surface area contributed by atoms with E-state index in [2.05, 4.69) is 15.0 Å². The molecule has 1 aliphatic carbocycles. The zero-order valence-electron chi connectivity index (χ0n) is 10.9. The van der Waals surface area contributed by atoms with Crippen molar-refractivity contribution in [2.45, 2.75) is 6.92 Å². The highest BCUT2D eigenvalue weighted by molar-refractivity contribution is 7.13. The Kier molecular flexibility index (Phi) is 3.22. The highest BCUT2D eigenvalue weighted by atomic mass is 32.1. The molecule has 8 heteroatoms. The lowest BCUT2D eigenvalue weighted by Crippen LogP contribution is -2.10. The van der Waals surface area contributed by atoms with Gasteiger partial charge in [0.05, 0.1) is 6.61 Å². The van der Waals surface area contributed by atoms with Crippen molar-refractivity contribution in [2.24, 2.45) is 0 Å². The van der Waals surface area contributed by atoms with Crippen molar-refractivity contribution in [1.82, 2.24) is 15.0 Å². The molecule has 1 aliphatic rings. The van der Waals surface area contributed by atoms with Crippen LogP contribution in [-0.2, 0) is 4.74 Å². The molecule has 2 aromatic heterocycles. The molecule has 0 saturated carbocycles. The Morgan fingerprint density at radius 3 is 2.76 bits per heavy atom. The van der Waals surface area contributed by atoms with Crippen LogP contribution in [0.15, 0.2) is 17.5 Å². The fourth-order valence-electron chi connectivity index (χ4n) is 1.83. The summed E-state index contributed by atoms with van der Waals surface area (Å²) in [5, 5.41) is 1.95. The van der Waals surface area contributed by atoms with Crippen LogP contribution in [0.5, 0.6) is 0 Å². The number of aromatic nitrogens is 3. The lowest BCUT2D eigenvalue weighted by Gasteiger charge is -1.98. The van der Waals surface area contributed by atoms with E-state index < -0.39 is 5.97 Å². The Hall–Kier alpha value is -2.61. The number of hydrogen-bond donors (Lipinski definition) is 1. The third-order valence-electron chi connectivity index (χ3n) is 2.76.